The van der Waals surface area contributed by atoms with Crippen LogP contribution in [0, 0.1) is 5.92 Å². The summed E-state index contributed by atoms with van der Waals surface area (Å²) < 4.78 is 26.5. The van der Waals surface area contributed by atoms with Crippen LogP contribution in [-0.2, 0) is 10.0 Å². The Morgan fingerprint density at radius 1 is 1.26 bits per heavy atom. The maximum Gasteiger partial charge on any atom is 0.243 e. The number of piperidine rings is 1. The molecule has 1 aromatic carbocycles. The Labute approximate surface area is 114 Å². The van der Waals surface area contributed by atoms with Crippen molar-refractivity contribution in [3.63, 3.8) is 0 Å². The number of carbonyl (C=O) groups excluding carboxylic acids is 1. The molecule has 0 spiro atoms. The molecule has 0 amide bonds. The predicted octanol–water partition coefficient (Wildman–Crippen LogP) is 2.31. The maximum atomic E-state index is 12.5. The molecule has 0 N–H and O–H groups in total. The van der Waals surface area contributed by atoms with Crippen molar-refractivity contribution in [1.29, 1.82) is 0 Å². The fourth-order valence-electron chi connectivity index (χ4n) is 2.38. The van der Waals surface area contributed by atoms with Crippen LogP contribution in [0.1, 0.15) is 37.0 Å². The topological polar surface area (TPSA) is 54.5 Å². The number of rotatable bonds is 3. The first-order valence-corrected chi connectivity index (χ1v) is 7.96. The van der Waals surface area contributed by atoms with Gasteiger partial charge in [-0.1, -0.05) is 19.1 Å². The molecule has 2 rings (SSSR count). The first kappa shape index (κ1) is 14.2. The smallest absolute Gasteiger partial charge is 0.243 e. The SMILES string of the molecule is CC(=O)c1ccc(S(=O)(=O)N2CCCC(C)C2)cc1. The second kappa shape index (κ2) is 5.43. The third kappa shape index (κ3) is 3.04. The van der Waals surface area contributed by atoms with Crippen molar-refractivity contribution in [1.82, 2.24) is 4.31 Å². The molecule has 1 unspecified atom stereocenters. The van der Waals surface area contributed by atoms with Crippen molar-refractivity contribution in [2.45, 2.75) is 31.6 Å². The average molecular weight is 281 g/mol. The Bertz CT molecular complexity index is 563. The molecule has 5 heteroatoms. The lowest BCUT2D eigenvalue weighted by molar-refractivity contribution is 0.101. The van der Waals surface area contributed by atoms with Crippen molar-refractivity contribution in [3.8, 4) is 0 Å². The van der Waals surface area contributed by atoms with E-state index in [-0.39, 0.29) is 10.7 Å². The Morgan fingerprint density at radius 3 is 2.42 bits per heavy atom. The first-order chi connectivity index (χ1) is 8.91. The summed E-state index contributed by atoms with van der Waals surface area (Å²) in [6.07, 6.45) is 1.99. The minimum atomic E-state index is -3.42. The van der Waals surface area contributed by atoms with Crippen LogP contribution in [-0.4, -0.2) is 31.6 Å². The van der Waals surface area contributed by atoms with Gasteiger partial charge in [0.05, 0.1) is 4.90 Å². The molecular weight excluding hydrogens is 262 g/mol. The van der Waals surface area contributed by atoms with E-state index in [0.717, 1.165) is 12.8 Å². The zero-order chi connectivity index (χ0) is 14.0. The molecule has 1 fully saturated rings. The zero-order valence-electron chi connectivity index (χ0n) is 11.3. The van der Waals surface area contributed by atoms with Gasteiger partial charge in [0, 0.05) is 18.7 Å². The lowest BCUT2D eigenvalue weighted by atomic mass is 10.0. The molecule has 1 heterocycles. The summed E-state index contributed by atoms with van der Waals surface area (Å²) in [7, 11) is -3.42. The van der Waals surface area contributed by atoms with E-state index in [1.54, 1.807) is 16.4 Å². The molecule has 1 aliphatic heterocycles. The van der Waals surface area contributed by atoms with E-state index < -0.39 is 10.0 Å². The van der Waals surface area contributed by atoms with E-state index in [9.17, 15) is 13.2 Å². The van der Waals surface area contributed by atoms with Gasteiger partial charge in [0.1, 0.15) is 0 Å². The number of ketones is 1. The van der Waals surface area contributed by atoms with Crippen LogP contribution in [0.3, 0.4) is 0 Å². The summed E-state index contributed by atoms with van der Waals surface area (Å²) in [5.74, 6) is 0.343. The van der Waals surface area contributed by atoms with Gasteiger partial charge in [-0.05, 0) is 37.8 Å². The summed E-state index contributed by atoms with van der Waals surface area (Å²) >= 11 is 0. The average Bonchev–Trinajstić information content (AvgIpc) is 2.39. The van der Waals surface area contributed by atoms with Gasteiger partial charge in [0.25, 0.3) is 0 Å². The standard InChI is InChI=1S/C14H19NO3S/c1-11-4-3-9-15(10-11)19(17,18)14-7-5-13(6-8-14)12(2)16/h5-8,11H,3-4,9-10H2,1-2H3. The molecule has 1 aromatic rings. The Hall–Kier alpha value is -1.20. The fraction of sp³-hybridized carbons (Fsp3) is 0.500. The monoisotopic (exact) mass is 281 g/mol. The second-order valence-electron chi connectivity index (χ2n) is 5.19. The summed E-state index contributed by atoms with van der Waals surface area (Å²) in [6, 6.07) is 6.18. The minimum absolute atomic E-state index is 0.0597. The van der Waals surface area contributed by atoms with E-state index in [0.29, 0.717) is 24.6 Å². The molecule has 0 bridgehead atoms. The van der Waals surface area contributed by atoms with Crippen LogP contribution in [0.25, 0.3) is 0 Å². The molecule has 0 aromatic heterocycles. The Morgan fingerprint density at radius 2 is 1.89 bits per heavy atom. The third-order valence-electron chi connectivity index (χ3n) is 3.52. The van der Waals surface area contributed by atoms with E-state index in [1.165, 1.54) is 19.1 Å². The molecule has 19 heavy (non-hydrogen) atoms. The summed E-state index contributed by atoms with van der Waals surface area (Å²) in [4.78, 5) is 11.5. The van der Waals surface area contributed by atoms with Gasteiger partial charge >= 0.3 is 0 Å². The molecule has 0 radical (unpaired) electrons. The van der Waals surface area contributed by atoms with Crippen LogP contribution in [0.2, 0.25) is 0 Å². The zero-order valence-corrected chi connectivity index (χ0v) is 12.1. The van der Waals surface area contributed by atoms with Crippen LogP contribution < -0.4 is 0 Å². The normalized spacial score (nSPS) is 21.3. The van der Waals surface area contributed by atoms with E-state index in [4.69, 9.17) is 0 Å². The van der Waals surface area contributed by atoms with Gasteiger partial charge < -0.3 is 0 Å². The number of hydrogen-bond donors (Lipinski definition) is 0. The van der Waals surface area contributed by atoms with E-state index >= 15 is 0 Å². The number of Topliss-reactive ketones (excluding diaryl/α,β-unsaturated/α-hetero) is 1. The summed E-state index contributed by atoms with van der Waals surface area (Å²) in [6.45, 7) is 4.70. The van der Waals surface area contributed by atoms with Crippen molar-refractivity contribution >= 4 is 15.8 Å². The number of benzene rings is 1. The quantitative estimate of drug-likeness (QED) is 0.799. The molecule has 0 saturated carbocycles. The highest BCUT2D eigenvalue weighted by molar-refractivity contribution is 7.89. The number of nitrogens with zero attached hydrogens (tertiary/aromatic N) is 1. The maximum absolute atomic E-state index is 12.5. The predicted molar refractivity (Wildman–Crippen MR) is 73.6 cm³/mol. The Balaban J connectivity index is 2.26. The number of hydrogen-bond acceptors (Lipinski definition) is 3. The largest absolute Gasteiger partial charge is 0.295 e. The van der Waals surface area contributed by atoms with Gasteiger partial charge in [0.2, 0.25) is 10.0 Å². The number of carbonyl (C=O) groups is 1. The minimum Gasteiger partial charge on any atom is -0.295 e. The van der Waals surface area contributed by atoms with E-state index in [1.807, 2.05) is 0 Å². The molecule has 1 aliphatic rings. The van der Waals surface area contributed by atoms with Gasteiger partial charge in [-0.15, -0.1) is 0 Å². The lowest BCUT2D eigenvalue weighted by Crippen LogP contribution is -2.39. The molecule has 4 nitrogen and oxygen atoms in total. The van der Waals surface area contributed by atoms with E-state index in [2.05, 4.69) is 6.92 Å². The van der Waals surface area contributed by atoms with Crippen LogP contribution >= 0.6 is 0 Å². The summed E-state index contributed by atoms with van der Waals surface area (Å²) in [5.41, 5.74) is 0.533. The number of sulfonamides is 1. The van der Waals surface area contributed by atoms with Crippen molar-refractivity contribution < 1.29 is 13.2 Å². The van der Waals surface area contributed by atoms with Crippen molar-refractivity contribution in [3.05, 3.63) is 29.8 Å². The fourth-order valence-corrected chi connectivity index (χ4v) is 3.97. The molecule has 104 valence electrons. The van der Waals surface area contributed by atoms with Crippen molar-refractivity contribution in [2.24, 2.45) is 5.92 Å². The van der Waals surface area contributed by atoms with Crippen LogP contribution in [0.15, 0.2) is 29.2 Å². The Kier molecular flexibility index (Phi) is 4.06. The van der Waals surface area contributed by atoms with Gasteiger partial charge in [-0.2, -0.15) is 4.31 Å². The lowest BCUT2D eigenvalue weighted by Gasteiger charge is -2.30. The molecule has 0 aliphatic carbocycles. The molecular formula is C14H19NO3S. The van der Waals surface area contributed by atoms with Crippen LogP contribution in [0.5, 0.6) is 0 Å². The van der Waals surface area contributed by atoms with Crippen molar-refractivity contribution in [2.75, 3.05) is 13.1 Å². The second-order valence-corrected chi connectivity index (χ2v) is 7.13. The third-order valence-corrected chi connectivity index (χ3v) is 5.40. The van der Waals surface area contributed by atoms with Crippen LogP contribution in [0.4, 0.5) is 0 Å². The highest BCUT2D eigenvalue weighted by atomic mass is 32.2. The first-order valence-electron chi connectivity index (χ1n) is 6.52. The molecule has 1 saturated heterocycles. The van der Waals surface area contributed by atoms with Gasteiger partial charge in [-0.25, -0.2) is 8.42 Å². The molecule has 1 atom stereocenters. The summed E-state index contributed by atoms with van der Waals surface area (Å²) in [5, 5.41) is 0. The highest BCUT2D eigenvalue weighted by Crippen LogP contribution is 2.23. The van der Waals surface area contributed by atoms with Gasteiger partial charge in [-0.3, -0.25) is 4.79 Å². The highest BCUT2D eigenvalue weighted by Gasteiger charge is 2.28. The van der Waals surface area contributed by atoms with Gasteiger partial charge in [0.15, 0.2) is 5.78 Å².